The molecule has 1 heterocycles. The molecule has 1 aromatic rings. The first-order valence-corrected chi connectivity index (χ1v) is 7.72. The highest BCUT2D eigenvalue weighted by Crippen LogP contribution is 2.24. The number of aliphatic hydroxyl groups is 1. The fourth-order valence-corrected chi connectivity index (χ4v) is 2.64. The number of aryl methyl sites for hydroxylation is 1. The molecule has 0 bridgehead atoms. The topological polar surface area (TPSA) is 91.6 Å². The van der Waals surface area contributed by atoms with Gasteiger partial charge in [-0.3, -0.25) is 9.59 Å². The number of hydrogen-bond acceptors (Lipinski definition) is 4. The van der Waals surface area contributed by atoms with Crippen molar-refractivity contribution < 1.29 is 19.1 Å². The fraction of sp³-hybridized carbons (Fsp3) is 0.625. The van der Waals surface area contributed by atoms with Crippen LogP contribution < -0.4 is 10.6 Å². The smallest absolute Gasteiger partial charge is 0.239 e. The van der Waals surface area contributed by atoms with E-state index in [1.54, 1.807) is 26.0 Å². The van der Waals surface area contributed by atoms with Crippen LogP contribution in [0.15, 0.2) is 16.5 Å². The van der Waals surface area contributed by atoms with Gasteiger partial charge in [-0.2, -0.15) is 0 Å². The molecule has 2 amide bonds. The summed E-state index contributed by atoms with van der Waals surface area (Å²) in [7, 11) is 0. The molecule has 3 N–H and O–H groups in total. The molecule has 1 saturated carbocycles. The Bertz CT molecular complexity index is 530. The van der Waals surface area contributed by atoms with E-state index in [4.69, 9.17) is 4.42 Å². The van der Waals surface area contributed by atoms with Gasteiger partial charge in [0, 0.05) is 5.92 Å². The van der Waals surface area contributed by atoms with Crippen molar-refractivity contribution in [1.29, 1.82) is 0 Å². The van der Waals surface area contributed by atoms with Crippen molar-refractivity contribution in [3.63, 3.8) is 0 Å². The molecule has 1 aliphatic carbocycles. The van der Waals surface area contributed by atoms with Crippen molar-refractivity contribution in [1.82, 2.24) is 10.6 Å². The summed E-state index contributed by atoms with van der Waals surface area (Å²) in [6.07, 6.45) is 3.96. The van der Waals surface area contributed by atoms with Gasteiger partial charge in [-0.1, -0.05) is 12.8 Å². The van der Waals surface area contributed by atoms with Crippen LogP contribution in [0.3, 0.4) is 0 Å². The van der Waals surface area contributed by atoms with E-state index < -0.39 is 5.60 Å². The van der Waals surface area contributed by atoms with Gasteiger partial charge in [0.15, 0.2) is 0 Å². The van der Waals surface area contributed by atoms with Crippen LogP contribution >= 0.6 is 0 Å². The zero-order valence-electron chi connectivity index (χ0n) is 13.1. The van der Waals surface area contributed by atoms with Crippen LogP contribution in [0, 0.1) is 12.8 Å². The number of furan rings is 1. The first-order chi connectivity index (χ1) is 10.4. The highest BCUT2D eigenvalue weighted by atomic mass is 16.4. The Hall–Kier alpha value is -1.82. The van der Waals surface area contributed by atoms with E-state index >= 15 is 0 Å². The maximum absolute atomic E-state index is 11.8. The Labute approximate surface area is 130 Å². The maximum Gasteiger partial charge on any atom is 0.239 e. The van der Waals surface area contributed by atoms with E-state index in [2.05, 4.69) is 10.6 Å². The second kappa shape index (κ2) is 6.96. The molecule has 6 nitrogen and oxygen atoms in total. The van der Waals surface area contributed by atoms with Crippen LogP contribution in [-0.4, -0.2) is 30.0 Å². The van der Waals surface area contributed by atoms with E-state index in [1.807, 2.05) is 0 Å². The zero-order chi connectivity index (χ0) is 16.2. The summed E-state index contributed by atoms with van der Waals surface area (Å²) < 4.78 is 5.38. The number of amides is 2. The maximum atomic E-state index is 11.8. The van der Waals surface area contributed by atoms with E-state index in [0.29, 0.717) is 11.5 Å². The molecule has 0 aliphatic heterocycles. The third-order valence-corrected chi connectivity index (χ3v) is 4.05. The highest BCUT2D eigenvalue weighted by molar-refractivity contribution is 5.85. The monoisotopic (exact) mass is 308 g/mol. The van der Waals surface area contributed by atoms with Crippen LogP contribution in [0.25, 0.3) is 0 Å². The van der Waals surface area contributed by atoms with Gasteiger partial charge in [-0.25, -0.2) is 0 Å². The largest absolute Gasteiger partial charge is 0.463 e. The van der Waals surface area contributed by atoms with Gasteiger partial charge in [0.25, 0.3) is 0 Å². The van der Waals surface area contributed by atoms with Crippen molar-refractivity contribution in [3.05, 3.63) is 23.7 Å². The predicted molar refractivity (Wildman–Crippen MR) is 81.0 cm³/mol. The summed E-state index contributed by atoms with van der Waals surface area (Å²) in [5.41, 5.74) is -1.28. The molecule has 0 aromatic carbocycles. The molecule has 22 heavy (non-hydrogen) atoms. The van der Waals surface area contributed by atoms with Gasteiger partial charge < -0.3 is 20.2 Å². The SMILES string of the molecule is Cc1ccc(C(C)(O)CNC(=O)CNC(=O)C2CCCC2)o1. The summed E-state index contributed by atoms with van der Waals surface area (Å²) in [5, 5.41) is 15.6. The van der Waals surface area contributed by atoms with Crippen LogP contribution in [0.1, 0.15) is 44.1 Å². The molecule has 122 valence electrons. The van der Waals surface area contributed by atoms with Gasteiger partial charge in [0.1, 0.15) is 17.1 Å². The summed E-state index contributed by atoms with van der Waals surface area (Å²) in [5.74, 6) is 0.767. The molecule has 1 atom stereocenters. The number of nitrogens with one attached hydrogen (secondary N) is 2. The van der Waals surface area contributed by atoms with Crippen molar-refractivity contribution in [2.24, 2.45) is 5.92 Å². The van der Waals surface area contributed by atoms with Crippen molar-refractivity contribution in [3.8, 4) is 0 Å². The van der Waals surface area contributed by atoms with Gasteiger partial charge in [-0.05, 0) is 38.8 Å². The van der Waals surface area contributed by atoms with Crippen molar-refractivity contribution in [2.45, 2.75) is 45.1 Å². The molecule has 1 aromatic heterocycles. The Kier molecular flexibility index (Phi) is 5.24. The van der Waals surface area contributed by atoms with Gasteiger partial charge in [-0.15, -0.1) is 0 Å². The molecule has 0 radical (unpaired) electrons. The average molecular weight is 308 g/mol. The number of hydrogen-bond donors (Lipinski definition) is 3. The summed E-state index contributed by atoms with van der Waals surface area (Å²) >= 11 is 0. The van der Waals surface area contributed by atoms with Crippen molar-refractivity contribution >= 4 is 11.8 Å². The average Bonchev–Trinajstić information content (AvgIpc) is 3.14. The lowest BCUT2D eigenvalue weighted by molar-refractivity contribution is -0.128. The minimum Gasteiger partial charge on any atom is -0.463 e. The number of carbonyl (C=O) groups is 2. The molecule has 6 heteroatoms. The van der Waals surface area contributed by atoms with Gasteiger partial charge >= 0.3 is 0 Å². The van der Waals surface area contributed by atoms with Gasteiger partial charge in [0.2, 0.25) is 11.8 Å². The molecule has 1 unspecified atom stereocenters. The first-order valence-electron chi connectivity index (χ1n) is 7.72. The lowest BCUT2D eigenvalue weighted by atomic mass is 10.0. The van der Waals surface area contributed by atoms with Crippen LogP contribution in [0.4, 0.5) is 0 Å². The van der Waals surface area contributed by atoms with Crippen molar-refractivity contribution in [2.75, 3.05) is 13.1 Å². The lowest BCUT2D eigenvalue weighted by Crippen LogP contribution is -2.44. The van der Waals surface area contributed by atoms with Gasteiger partial charge in [0.05, 0.1) is 13.1 Å². The molecular weight excluding hydrogens is 284 g/mol. The Balaban J connectivity index is 1.74. The van der Waals surface area contributed by atoms with E-state index in [0.717, 1.165) is 25.7 Å². The van der Waals surface area contributed by atoms with Crippen LogP contribution in [0.2, 0.25) is 0 Å². The van der Waals surface area contributed by atoms with E-state index in [-0.39, 0.29) is 30.8 Å². The Morgan fingerprint density at radius 3 is 2.59 bits per heavy atom. The Morgan fingerprint density at radius 2 is 2.00 bits per heavy atom. The zero-order valence-corrected chi connectivity index (χ0v) is 13.1. The normalized spacial score (nSPS) is 18.0. The quantitative estimate of drug-likeness (QED) is 0.737. The minimum atomic E-state index is -1.28. The number of carbonyl (C=O) groups excluding carboxylic acids is 2. The summed E-state index contributed by atoms with van der Waals surface area (Å²) in [4.78, 5) is 23.6. The predicted octanol–water partition coefficient (Wildman–Crippen LogP) is 1.22. The second-order valence-electron chi connectivity index (χ2n) is 6.16. The van der Waals surface area contributed by atoms with E-state index in [9.17, 15) is 14.7 Å². The summed E-state index contributed by atoms with van der Waals surface area (Å²) in [6.45, 7) is 3.32. The molecule has 1 aliphatic rings. The summed E-state index contributed by atoms with van der Waals surface area (Å²) in [6, 6.07) is 3.44. The third kappa shape index (κ3) is 4.34. The fourth-order valence-electron chi connectivity index (χ4n) is 2.64. The minimum absolute atomic E-state index is 0.0259. The molecule has 2 rings (SSSR count). The third-order valence-electron chi connectivity index (χ3n) is 4.05. The van der Waals surface area contributed by atoms with Crippen LogP contribution in [-0.2, 0) is 15.2 Å². The molecule has 0 spiro atoms. The molecule has 0 saturated heterocycles. The highest BCUT2D eigenvalue weighted by Gasteiger charge is 2.28. The number of rotatable bonds is 6. The molecule has 1 fully saturated rings. The standard InChI is InChI=1S/C16H24N2O4/c1-11-7-8-13(22-11)16(2,21)10-18-14(19)9-17-15(20)12-5-3-4-6-12/h7-8,12,21H,3-6,9-10H2,1-2H3,(H,17,20)(H,18,19). The lowest BCUT2D eigenvalue weighted by Gasteiger charge is -2.21. The van der Waals surface area contributed by atoms with Crippen LogP contribution in [0.5, 0.6) is 0 Å². The van der Waals surface area contributed by atoms with E-state index in [1.165, 1.54) is 0 Å². The Morgan fingerprint density at radius 1 is 1.32 bits per heavy atom. The molecular formula is C16H24N2O4. The second-order valence-corrected chi connectivity index (χ2v) is 6.16. The first kappa shape index (κ1) is 16.5.